The fourth-order valence-electron chi connectivity index (χ4n) is 12.5. The first kappa shape index (κ1) is 69.0. The Labute approximate surface area is 532 Å². The van der Waals surface area contributed by atoms with Crippen LogP contribution >= 0.6 is 0 Å². The Balaban J connectivity index is 0.000000176. The van der Waals surface area contributed by atoms with Gasteiger partial charge in [0.25, 0.3) is 0 Å². The monoisotopic (exact) mass is 1170 g/mol. The Morgan fingerprint density at radius 3 is 0.909 bits per heavy atom. The predicted molar refractivity (Wildman–Crippen MR) is 374 cm³/mol. The maximum atomic E-state index is 2.36. The molecule has 0 bridgehead atoms. The molecule has 0 N–H and O–H groups in total. The molecule has 5 nitrogen and oxygen atoms in total. The summed E-state index contributed by atoms with van der Waals surface area (Å²) in [5, 5.41) is 0. The lowest BCUT2D eigenvalue weighted by molar-refractivity contribution is -0.667. The zero-order valence-electron chi connectivity index (χ0n) is 59.4. The Bertz CT molecular complexity index is 3980. The minimum atomic E-state index is 1.26. The molecule has 0 saturated heterocycles. The third-order valence-corrected chi connectivity index (χ3v) is 20.5. The molecule has 5 aromatic carbocycles. The first-order valence-electron chi connectivity index (χ1n) is 31.5. The molecule has 5 heterocycles. The van der Waals surface area contributed by atoms with Crippen LogP contribution in [0.4, 0.5) is 0 Å². The number of aryl methyl sites for hydroxylation is 7. The van der Waals surface area contributed by atoms with Gasteiger partial charge < -0.3 is 0 Å². The molecule has 0 unspecified atom stereocenters. The average molecular weight is 1170 g/mol. The number of pyridine rings is 5. The molecule has 0 aliphatic rings. The lowest BCUT2D eigenvalue weighted by Crippen LogP contribution is -2.37. The number of hydrogen-bond acceptors (Lipinski definition) is 0. The zero-order chi connectivity index (χ0) is 65.5. The van der Waals surface area contributed by atoms with Gasteiger partial charge in [-0.3, -0.25) is 0 Å². The molecular weight excluding hydrogens is 1070 g/mol. The lowest BCUT2D eigenvalue weighted by atomic mass is 9.88. The Morgan fingerprint density at radius 1 is 0.216 bits per heavy atom. The molecule has 458 valence electrons. The highest BCUT2D eigenvalue weighted by Crippen LogP contribution is 2.35. The minimum absolute atomic E-state index is 1.26. The van der Waals surface area contributed by atoms with Gasteiger partial charge in [0.2, 0.25) is 28.5 Å². The van der Waals surface area contributed by atoms with Crippen molar-refractivity contribution in [3.63, 3.8) is 0 Å². The van der Waals surface area contributed by atoms with E-state index in [1.54, 1.807) is 0 Å². The van der Waals surface area contributed by atoms with Crippen molar-refractivity contribution in [3.05, 3.63) is 262 Å². The molecule has 0 aliphatic heterocycles. The normalized spacial score (nSPS) is 10.7. The van der Waals surface area contributed by atoms with Crippen molar-refractivity contribution in [2.45, 2.75) is 159 Å². The van der Waals surface area contributed by atoms with Crippen molar-refractivity contribution in [3.8, 4) is 56.3 Å². The van der Waals surface area contributed by atoms with Gasteiger partial charge in [0, 0.05) is 94.8 Å². The lowest BCUT2D eigenvalue weighted by Gasteiger charge is -2.17. The maximum Gasteiger partial charge on any atom is 0.215 e. The van der Waals surface area contributed by atoms with Crippen molar-refractivity contribution in [2.75, 3.05) is 0 Å². The van der Waals surface area contributed by atoms with Gasteiger partial charge in [-0.2, -0.15) is 9.13 Å². The third kappa shape index (κ3) is 14.4. The summed E-state index contributed by atoms with van der Waals surface area (Å²) in [6, 6.07) is 40.7. The van der Waals surface area contributed by atoms with E-state index >= 15 is 0 Å². The second-order valence-corrected chi connectivity index (χ2v) is 25.2. The Morgan fingerprint density at radius 2 is 0.511 bits per heavy atom. The van der Waals surface area contributed by atoms with Gasteiger partial charge in [-0.25, -0.2) is 13.7 Å². The van der Waals surface area contributed by atoms with E-state index < -0.39 is 0 Å². The predicted octanol–water partition coefficient (Wildman–Crippen LogP) is 18.0. The molecule has 10 rings (SSSR count). The van der Waals surface area contributed by atoms with E-state index in [2.05, 4.69) is 345 Å². The molecule has 5 aromatic heterocycles. The van der Waals surface area contributed by atoms with Gasteiger partial charge in [0.05, 0.1) is 5.56 Å². The van der Waals surface area contributed by atoms with Crippen LogP contribution in [0.1, 0.15) is 128 Å². The molecule has 88 heavy (non-hydrogen) atoms. The van der Waals surface area contributed by atoms with Crippen LogP contribution in [0.3, 0.4) is 0 Å². The quantitative estimate of drug-likeness (QED) is 0.153. The molecule has 0 saturated carbocycles. The van der Waals surface area contributed by atoms with Gasteiger partial charge >= 0.3 is 0 Å². The fraction of sp³-hybridized carbons (Fsp3) is 0.337. The summed E-state index contributed by atoms with van der Waals surface area (Å²) in [7, 11) is 10.6. The van der Waals surface area contributed by atoms with Gasteiger partial charge in [-0.05, 0) is 282 Å². The molecule has 10 aromatic rings. The van der Waals surface area contributed by atoms with E-state index in [4.69, 9.17) is 0 Å². The molecule has 0 spiro atoms. The first-order valence-corrected chi connectivity index (χ1v) is 31.5. The van der Waals surface area contributed by atoms with Crippen LogP contribution in [-0.4, -0.2) is 0 Å². The minimum Gasteiger partial charge on any atom is -0.201 e. The summed E-state index contributed by atoms with van der Waals surface area (Å²) in [4.78, 5) is 0. The van der Waals surface area contributed by atoms with Crippen molar-refractivity contribution in [1.82, 2.24) is 0 Å². The number of benzene rings is 5. The van der Waals surface area contributed by atoms with E-state index in [0.29, 0.717) is 0 Å². The Hall–Kier alpha value is -8.15. The second-order valence-electron chi connectivity index (χ2n) is 25.2. The van der Waals surface area contributed by atoms with Crippen molar-refractivity contribution in [1.29, 1.82) is 0 Å². The van der Waals surface area contributed by atoms with Crippen LogP contribution in [0.2, 0.25) is 0 Å². The highest BCUT2D eigenvalue weighted by atomic mass is 15.0. The third-order valence-electron chi connectivity index (χ3n) is 20.5. The van der Waals surface area contributed by atoms with E-state index in [1.165, 1.54) is 185 Å². The van der Waals surface area contributed by atoms with Crippen LogP contribution in [0.15, 0.2) is 134 Å². The smallest absolute Gasteiger partial charge is 0.201 e. The summed E-state index contributed by atoms with van der Waals surface area (Å²) in [6.07, 6.45) is 6.28. The highest BCUT2D eigenvalue weighted by Gasteiger charge is 2.26. The SMILES string of the molecule is Cc1c(C)c(C)c(-c2cccc[n+]2C)c(C)c1C.Cc1cc(-c2c(C)c(C)c(C)c(C)[n+]2C)c(C)c(C)c1C.Cc1cc(-c2cccc[n+]2C)c(C)c(C)c1C.Cc1ccccc1-c1c(C)c(C)c(C)c(C)[n+]1C.Cc1ccccc1-c1cccc[n+]1C. The molecule has 0 amide bonds. The van der Waals surface area contributed by atoms with Crippen LogP contribution in [0.5, 0.6) is 0 Å². The van der Waals surface area contributed by atoms with Crippen LogP contribution in [-0.2, 0) is 35.2 Å². The molecule has 5 heteroatoms. The standard InChI is InChI=1S/C20H28N.2C17H22N.C16H20N.C13H14N/c1-11-10-19(16(6)13(3)12(11)2)20-17(7)14(4)15(5)18(8)21(20)9;1-11-12(2)14(4)17(15(5)13(11)3)16-9-7-8-10-18(16)6;1-11-9-7-8-10-16(11)17-14(4)12(2)13(3)15(5)18(17)6;1-11-10-15(14(4)13(3)12(11)2)16-8-6-7-9-17(16)5;1-11-7-3-4-8-12(11)13-9-5-6-10-14(13)2/h10H,1-9H3;2*7-10H,1-6H3;6-10H,1-5H3;3-10H,1-2H3/q5*+1. The first-order chi connectivity index (χ1) is 41.4. The molecule has 0 atom stereocenters. The van der Waals surface area contributed by atoms with Gasteiger partial charge in [0.1, 0.15) is 35.2 Å². The summed E-state index contributed by atoms with van der Waals surface area (Å²) in [5.74, 6) is 0. The number of aromatic nitrogens is 5. The van der Waals surface area contributed by atoms with Crippen molar-refractivity contribution < 1.29 is 22.8 Å². The fourth-order valence-corrected chi connectivity index (χ4v) is 12.5. The summed E-state index contributed by atoms with van der Waals surface area (Å²) in [5.41, 5.74) is 45.2. The van der Waals surface area contributed by atoms with Crippen LogP contribution < -0.4 is 22.8 Å². The van der Waals surface area contributed by atoms with Crippen LogP contribution in [0, 0.1) is 159 Å². The van der Waals surface area contributed by atoms with E-state index in [0.717, 1.165) is 0 Å². The number of nitrogens with zero attached hydrogens (tertiary/aromatic N) is 5. The van der Waals surface area contributed by atoms with Crippen LogP contribution in [0.25, 0.3) is 56.3 Å². The van der Waals surface area contributed by atoms with E-state index in [1.807, 2.05) is 6.07 Å². The summed E-state index contributed by atoms with van der Waals surface area (Å²) in [6.45, 7) is 51.0. The summed E-state index contributed by atoms with van der Waals surface area (Å²) >= 11 is 0. The second kappa shape index (κ2) is 29.2. The van der Waals surface area contributed by atoms with Gasteiger partial charge in [0.15, 0.2) is 30.0 Å². The Kier molecular flexibility index (Phi) is 22.9. The molecular formula is C83H106N5+5. The average Bonchev–Trinajstić information content (AvgIpc) is 1.21. The number of hydrogen-bond donors (Lipinski definition) is 0. The number of rotatable bonds is 5. The zero-order valence-corrected chi connectivity index (χ0v) is 59.4. The van der Waals surface area contributed by atoms with E-state index in [9.17, 15) is 0 Å². The largest absolute Gasteiger partial charge is 0.215 e. The molecule has 0 fully saturated rings. The molecule has 0 radical (unpaired) electrons. The maximum absolute atomic E-state index is 2.36. The topological polar surface area (TPSA) is 19.4 Å². The highest BCUT2D eigenvalue weighted by molar-refractivity contribution is 5.72. The van der Waals surface area contributed by atoms with Crippen molar-refractivity contribution >= 4 is 0 Å². The van der Waals surface area contributed by atoms with Gasteiger partial charge in [-0.15, -0.1) is 0 Å². The summed E-state index contributed by atoms with van der Waals surface area (Å²) < 4.78 is 11.2. The van der Waals surface area contributed by atoms with E-state index in [-0.39, 0.29) is 0 Å². The molecule has 0 aliphatic carbocycles. The van der Waals surface area contributed by atoms with Gasteiger partial charge in [-0.1, -0.05) is 36.4 Å². The van der Waals surface area contributed by atoms with Crippen molar-refractivity contribution in [2.24, 2.45) is 35.2 Å².